The fourth-order valence-corrected chi connectivity index (χ4v) is 6.65. The lowest BCUT2D eigenvalue weighted by Crippen LogP contribution is -2.37. The zero-order chi connectivity index (χ0) is 15.7. The van der Waals surface area contributed by atoms with Gasteiger partial charge in [-0.05, 0) is 12.1 Å². The molecule has 118 valence electrons. The second-order valence-electron chi connectivity index (χ2n) is 5.23. The van der Waals surface area contributed by atoms with Gasteiger partial charge in [0.05, 0.1) is 17.5 Å². The van der Waals surface area contributed by atoms with Crippen LogP contribution in [0.4, 0.5) is 5.69 Å². The number of para-hydroxylation sites is 1. The Kier molecular flexibility index (Phi) is 4.24. The second kappa shape index (κ2) is 6.02. The van der Waals surface area contributed by atoms with Gasteiger partial charge in [0.25, 0.3) is 5.91 Å². The number of ether oxygens (including phenoxy) is 1. The Hall–Kier alpha value is -1.38. The Labute approximate surface area is 133 Å². The molecule has 0 bridgehead atoms. The lowest BCUT2D eigenvalue weighted by atomic mass is 10.2. The minimum Gasteiger partial charge on any atom is -0.375 e. The van der Waals surface area contributed by atoms with E-state index in [2.05, 4.69) is 4.99 Å². The third-order valence-electron chi connectivity index (χ3n) is 3.59. The van der Waals surface area contributed by atoms with Gasteiger partial charge in [-0.3, -0.25) is 4.79 Å². The van der Waals surface area contributed by atoms with Crippen molar-refractivity contribution in [3.05, 3.63) is 30.3 Å². The van der Waals surface area contributed by atoms with Gasteiger partial charge < -0.3 is 9.64 Å². The van der Waals surface area contributed by atoms with E-state index in [1.54, 1.807) is 0 Å². The van der Waals surface area contributed by atoms with E-state index in [0.717, 1.165) is 5.69 Å². The number of amides is 1. The first-order valence-electron chi connectivity index (χ1n) is 6.82. The van der Waals surface area contributed by atoms with Crippen LogP contribution in [0.2, 0.25) is 0 Å². The summed E-state index contributed by atoms with van der Waals surface area (Å²) in [5.41, 5.74) is 0.851. The summed E-state index contributed by atoms with van der Waals surface area (Å²) in [5, 5.41) is 0.470. The highest BCUT2D eigenvalue weighted by atomic mass is 32.2. The van der Waals surface area contributed by atoms with Crippen LogP contribution in [-0.4, -0.2) is 56.0 Å². The number of thioether (sulfide) groups is 1. The minimum atomic E-state index is -3.04. The number of benzene rings is 1. The average Bonchev–Trinajstić information content (AvgIpc) is 2.91. The molecular weight excluding hydrogens is 324 g/mol. The molecule has 1 amide bonds. The van der Waals surface area contributed by atoms with Crippen molar-refractivity contribution < 1.29 is 17.9 Å². The summed E-state index contributed by atoms with van der Waals surface area (Å²) < 4.78 is 28.6. The quantitative estimate of drug-likeness (QED) is 0.815. The Balaban J connectivity index is 1.96. The van der Waals surface area contributed by atoms with Gasteiger partial charge in [-0.1, -0.05) is 30.0 Å². The first-order chi connectivity index (χ1) is 10.5. The van der Waals surface area contributed by atoms with Crippen molar-refractivity contribution in [1.29, 1.82) is 0 Å². The summed E-state index contributed by atoms with van der Waals surface area (Å²) in [6, 6.07) is 9.26. The molecule has 2 heterocycles. The number of methoxy groups -OCH3 is 1. The number of fused-ring (bicyclic) bond motifs is 1. The topological polar surface area (TPSA) is 76.0 Å². The highest BCUT2D eigenvalue weighted by molar-refractivity contribution is 8.16. The van der Waals surface area contributed by atoms with Gasteiger partial charge in [0.1, 0.15) is 6.61 Å². The highest BCUT2D eigenvalue weighted by Gasteiger charge is 2.49. The SMILES string of the molecule is COCC(=O)N=C1SC2CS(=O)(=O)CC2N1c1ccccc1. The fraction of sp³-hybridized carbons (Fsp3) is 0.429. The molecular formula is C14H16N2O4S2. The molecule has 0 spiro atoms. The van der Waals surface area contributed by atoms with Crippen LogP contribution in [0.15, 0.2) is 35.3 Å². The molecule has 3 rings (SSSR count). The number of carbonyl (C=O) groups is 1. The van der Waals surface area contributed by atoms with Crippen molar-refractivity contribution in [1.82, 2.24) is 0 Å². The maximum atomic E-state index is 11.9. The summed E-state index contributed by atoms with van der Waals surface area (Å²) in [6.45, 7) is -0.0830. The molecule has 2 saturated heterocycles. The maximum absolute atomic E-state index is 11.9. The molecule has 0 saturated carbocycles. The van der Waals surface area contributed by atoms with E-state index in [0.29, 0.717) is 5.17 Å². The van der Waals surface area contributed by atoms with Crippen molar-refractivity contribution in [2.24, 2.45) is 4.99 Å². The minimum absolute atomic E-state index is 0.0830. The van der Waals surface area contributed by atoms with E-state index in [-0.39, 0.29) is 35.3 Å². The first-order valence-corrected chi connectivity index (χ1v) is 9.52. The van der Waals surface area contributed by atoms with Gasteiger partial charge in [-0.15, -0.1) is 0 Å². The molecule has 8 heteroatoms. The molecule has 0 radical (unpaired) electrons. The number of anilines is 1. The van der Waals surface area contributed by atoms with Crippen LogP contribution in [0, 0.1) is 0 Å². The summed E-state index contributed by atoms with van der Waals surface area (Å²) >= 11 is 1.36. The summed E-state index contributed by atoms with van der Waals surface area (Å²) in [5.74, 6) is -0.144. The van der Waals surface area contributed by atoms with Crippen molar-refractivity contribution >= 4 is 38.4 Å². The zero-order valence-corrected chi connectivity index (χ0v) is 13.6. The van der Waals surface area contributed by atoms with Crippen LogP contribution in [0.3, 0.4) is 0 Å². The van der Waals surface area contributed by atoms with Crippen LogP contribution in [-0.2, 0) is 19.4 Å². The van der Waals surface area contributed by atoms with E-state index in [1.165, 1.54) is 18.9 Å². The van der Waals surface area contributed by atoms with E-state index < -0.39 is 9.84 Å². The molecule has 1 aromatic carbocycles. The number of amidine groups is 1. The number of rotatable bonds is 3. The molecule has 2 fully saturated rings. The molecule has 6 nitrogen and oxygen atoms in total. The molecule has 2 unspecified atom stereocenters. The molecule has 0 aliphatic carbocycles. The molecule has 0 N–H and O–H groups in total. The first kappa shape index (κ1) is 15.5. The van der Waals surface area contributed by atoms with E-state index in [1.807, 2.05) is 35.2 Å². The van der Waals surface area contributed by atoms with Crippen molar-refractivity contribution in [2.75, 3.05) is 30.1 Å². The van der Waals surface area contributed by atoms with Gasteiger partial charge in [-0.25, -0.2) is 8.42 Å². The molecule has 2 aliphatic rings. The monoisotopic (exact) mass is 340 g/mol. The van der Waals surface area contributed by atoms with Crippen LogP contribution in [0.25, 0.3) is 0 Å². The molecule has 22 heavy (non-hydrogen) atoms. The van der Waals surface area contributed by atoms with Crippen LogP contribution < -0.4 is 4.90 Å². The second-order valence-corrected chi connectivity index (χ2v) is 8.59. The summed E-state index contributed by atoms with van der Waals surface area (Å²) in [4.78, 5) is 17.7. The standard InChI is InChI=1S/C14H16N2O4S2/c1-20-7-13(17)15-14-16(10-5-3-2-4-6-10)11-8-22(18,19)9-12(11)21-14/h2-6,11-12H,7-9H2,1H3. The highest BCUT2D eigenvalue weighted by Crippen LogP contribution is 2.40. The normalized spacial score (nSPS) is 28.0. The summed E-state index contributed by atoms with van der Waals surface area (Å²) in [6.07, 6.45) is 0. The number of nitrogens with zero attached hydrogens (tertiary/aromatic N) is 2. The number of carbonyl (C=O) groups excluding carboxylic acids is 1. The molecule has 1 aromatic rings. The third-order valence-corrected chi connectivity index (χ3v) is 6.80. The fourth-order valence-electron chi connectivity index (χ4n) is 2.72. The van der Waals surface area contributed by atoms with Crippen molar-refractivity contribution in [3.8, 4) is 0 Å². The Morgan fingerprint density at radius 2 is 2.09 bits per heavy atom. The number of hydrogen-bond donors (Lipinski definition) is 0. The average molecular weight is 340 g/mol. The Bertz CT molecular complexity index is 703. The van der Waals surface area contributed by atoms with Crippen molar-refractivity contribution in [3.63, 3.8) is 0 Å². The lowest BCUT2D eigenvalue weighted by Gasteiger charge is -2.24. The van der Waals surface area contributed by atoms with Gasteiger partial charge in [0.2, 0.25) is 0 Å². The van der Waals surface area contributed by atoms with Crippen LogP contribution in [0.5, 0.6) is 0 Å². The van der Waals surface area contributed by atoms with Crippen LogP contribution in [0.1, 0.15) is 0 Å². The number of aliphatic imine (C=N–C) groups is 1. The Morgan fingerprint density at radius 3 is 2.77 bits per heavy atom. The number of sulfone groups is 1. The number of hydrogen-bond acceptors (Lipinski definition) is 5. The largest absolute Gasteiger partial charge is 0.375 e. The van der Waals surface area contributed by atoms with E-state index >= 15 is 0 Å². The van der Waals surface area contributed by atoms with Gasteiger partial charge in [0.15, 0.2) is 15.0 Å². The smallest absolute Gasteiger partial charge is 0.274 e. The van der Waals surface area contributed by atoms with Gasteiger partial charge in [0, 0.05) is 18.0 Å². The molecule has 2 atom stereocenters. The van der Waals surface area contributed by atoms with E-state index in [9.17, 15) is 13.2 Å². The Morgan fingerprint density at radius 1 is 1.36 bits per heavy atom. The van der Waals surface area contributed by atoms with Crippen LogP contribution >= 0.6 is 11.8 Å². The van der Waals surface area contributed by atoms with Gasteiger partial charge in [-0.2, -0.15) is 4.99 Å². The lowest BCUT2D eigenvalue weighted by molar-refractivity contribution is -0.121. The summed E-state index contributed by atoms with van der Waals surface area (Å²) in [7, 11) is -1.60. The van der Waals surface area contributed by atoms with Gasteiger partial charge >= 0.3 is 0 Å². The maximum Gasteiger partial charge on any atom is 0.274 e. The molecule has 0 aromatic heterocycles. The third kappa shape index (κ3) is 3.04. The molecule has 2 aliphatic heterocycles. The predicted molar refractivity (Wildman–Crippen MR) is 87.1 cm³/mol. The zero-order valence-electron chi connectivity index (χ0n) is 12.0. The predicted octanol–water partition coefficient (Wildman–Crippen LogP) is 0.934. The van der Waals surface area contributed by atoms with Crippen molar-refractivity contribution in [2.45, 2.75) is 11.3 Å². The van der Waals surface area contributed by atoms with E-state index in [4.69, 9.17) is 4.74 Å².